The Morgan fingerprint density at radius 3 is 2.70 bits per heavy atom. The van der Waals surface area contributed by atoms with Gasteiger partial charge >= 0.3 is 5.97 Å². The molecule has 1 aromatic heterocycles. The smallest absolute Gasteiger partial charge is 0.338 e. The van der Waals surface area contributed by atoms with Crippen molar-refractivity contribution in [2.75, 3.05) is 6.61 Å². The van der Waals surface area contributed by atoms with Gasteiger partial charge in [-0.05, 0) is 18.4 Å². The minimum Gasteiger partial charge on any atom is -0.478 e. The number of hydrogen-bond donors (Lipinski definition) is 2. The van der Waals surface area contributed by atoms with Crippen molar-refractivity contribution in [2.24, 2.45) is 0 Å². The van der Waals surface area contributed by atoms with Gasteiger partial charge in [0.05, 0.1) is 11.7 Å². The molecule has 1 fully saturated rings. The molecular weight excluding hydrogens is 298 g/mol. The summed E-state index contributed by atoms with van der Waals surface area (Å²) in [6, 6.07) is 11.0. The Kier molecular flexibility index (Phi) is 4.43. The molecule has 23 heavy (non-hydrogen) atoms. The molecule has 0 aliphatic carbocycles. The predicted octanol–water partition coefficient (Wildman–Crippen LogP) is 2.63. The summed E-state index contributed by atoms with van der Waals surface area (Å²) < 4.78 is 10.8. The van der Waals surface area contributed by atoms with Gasteiger partial charge in [0, 0.05) is 18.7 Å². The molecule has 1 saturated heterocycles. The molecule has 1 aliphatic heterocycles. The van der Waals surface area contributed by atoms with Crippen molar-refractivity contribution in [3.05, 3.63) is 59.5 Å². The van der Waals surface area contributed by atoms with Crippen LogP contribution in [0.1, 0.15) is 45.4 Å². The van der Waals surface area contributed by atoms with Crippen LogP contribution in [-0.2, 0) is 4.74 Å². The minimum atomic E-state index is -1.12. The second kappa shape index (κ2) is 6.66. The summed E-state index contributed by atoms with van der Waals surface area (Å²) in [7, 11) is 0. The molecule has 2 N–H and O–H groups in total. The lowest BCUT2D eigenvalue weighted by Gasteiger charge is -2.30. The molecule has 2 aromatic rings. The van der Waals surface area contributed by atoms with Crippen LogP contribution in [0, 0.1) is 0 Å². The highest BCUT2D eigenvalue weighted by Gasteiger charge is 2.26. The fourth-order valence-electron chi connectivity index (χ4n) is 2.65. The molecule has 1 amide bonds. The van der Waals surface area contributed by atoms with Crippen LogP contribution in [0.3, 0.4) is 0 Å². The lowest BCUT2D eigenvalue weighted by molar-refractivity contribution is 0.000710. The van der Waals surface area contributed by atoms with Gasteiger partial charge in [0.15, 0.2) is 5.76 Å². The van der Waals surface area contributed by atoms with Gasteiger partial charge in [-0.1, -0.05) is 30.3 Å². The van der Waals surface area contributed by atoms with Gasteiger partial charge in [0.2, 0.25) is 0 Å². The van der Waals surface area contributed by atoms with Crippen molar-refractivity contribution >= 4 is 11.9 Å². The van der Waals surface area contributed by atoms with Gasteiger partial charge in [0.1, 0.15) is 6.26 Å². The monoisotopic (exact) mass is 315 g/mol. The van der Waals surface area contributed by atoms with Crippen molar-refractivity contribution in [1.29, 1.82) is 0 Å². The van der Waals surface area contributed by atoms with Crippen molar-refractivity contribution in [2.45, 2.75) is 25.0 Å². The van der Waals surface area contributed by atoms with Gasteiger partial charge in [0.25, 0.3) is 5.91 Å². The van der Waals surface area contributed by atoms with Crippen LogP contribution in [-0.4, -0.2) is 29.6 Å². The van der Waals surface area contributed by atoms with Crippen LogP contribution in [0.25, 0.3) is 0 Å². The van der Waals surface area contributed by atoms with Crippen molar-refractivity contribution < 1.29 is 23.8 Å². The fourth-order valence-corrected chi connectivity index (χ4v) is 2.65. The lowest BCUT2D eigenvalue weighted by Crippen LogP contribution is -2.39. The minimum absolute atomic E-state index is 0.00477. The van der Waals surface area contributed by atoms with Gasteiger partial charge in [-0.15, -0.1) is 0 Å². The SMILES string of the molecule is O=C(O)c1coc(C(=O)NC2CCOC(c3ccccc3)C2)c1. The normalized spacial score (nSPS) is 20.9. The summed E-state index contributed by atoms with van der Waals surface area (Å²) in [6.45, 7) is 0.559. The van der Waals surface area contributed by atoms with Crippen molar-refractivity contribution in [3.63, 3.8) is 0 Å². The van der Waals surface area contributed by atoms with E-state index in [0.717, 1.165) is 11.8 Å². The van der Waals surface area contributed by atoms with Crippen molar-refractivity contribution in [3.8, 4) is 0 Å². The Labute approximate surface area is 133 Å². The van der Waals surface area contributed by atoms with Crippen LogP contribution in [0.15, 0.2) is 47.1 Å². The van der Waals surface area contributed by atoms with Crippen LogP contribution in [0.5, 0.6) is 0 Å². The number of nitrogens with one attached hydrogen (secondary N) is 1. The Balaban J connectivity index is 1.63. The van der Waals surface area contributed by atoms with Crippen LogP contribution in [0.2, 0.25) is 0 Å². The zero-order valence-corrected chi connectivity index (χ0v) is 12.4. The molecule has 0 radical (unpaired) electrons. The van der Waals surface area contributed by atoms with E-state index in [-0.39, 0.29) is 23.5 Å². The highest BCUT2D eigenvalue weighted by molar-refractivity contribution is 5.95. The maximum Gasteiger partial charge on any atom is 0.338 e. The third-order valence-electron chi connectivity index (χ3n) is 3.86. The zero-order chi connectivity index (χ0) is 16.2. The fraction of sp³-hybridized carbons (Fsp3) is 0.294. The van der Waals surface area contributed by atoms with E-state index < -0.39 is 11.9 Å². The Morgan fingerprint density at radius 2 is 2.00 bits per heavy atom. The number of rotatable bonds is 4. The number of amides is 1. The molecule has 6 heteroatoms. The number of benzene rings is 1. The average molecular weight is 315 g/mol. The van der Waals surface area contributed by atoms with Gasteiger partial charge in [-0.2, -0.15) is 0 Å². The van der Waals surface area contributed by atoms with Gasteiger partial charge in [-0.25, -0.2) is 4.79 Å². The van der Waals surface area contributed by atoms with Gasteiger partial charge < -0.3 is 19.6 Å². The summed E-state index contributed by atoms with van der Waals surface area (Å²) in [6.07, 6.45) is 2.39. The second-order valence-corrected chi connectivity index (χ2v) is 5.47. The first-order valence-corrected chi connectivity index (χ1v) is 7.42. The first-order valence-electron chi connectivity index (χ1n) is 7.42. The number of carbonyl (C=O) groups excluding carboxylic acids is 1. The van der Waals surface area contributed by atoms with E-state index in [1.54, 1.807) is 0 Å². The number of hydrogen-bond acceptors (Lipinski definition) is 4. The largest absolute Gasteiger partial charge is 0.478 e. The van der Waals surface area contributed by atoms with E-state index in [1.807, 2.05) is 30.3 Å². The zero-order valence-electron chi connectivity index (χ0n) is 12.4. The molecule has 0 saturated carbocycles. The first kappa shape index (κ1) is 15.3. The number of ether oxygens (including phenoxy) is 1. The standard InChI is InChI=1S/C17H17NO5/c19-16(15-8-12(10-23-15)17(20)21)18-13-6-7-22-14(9-13)11-4-2-1-3-5-11/h1-5,8,10,13-14H,6-7,9H2,(H,18,19)(H,20,21). The molecule has 0 spiro atoms. The molecule has 0 bridgehead atoms. The summed E-state index contributed by atoms with van der Waals surface area (Å²) in [5, 5.41) is 11.7. The number of carbonyl (C=O) groups is 2. The summed E-state index contributed by atoms with van der Waals surface area (Å²) in [4.78, 5) is 23.0. The van der Waals surface area contributed by atoms with E-state index in [0.29, 0.717) is 19.4 Å². The van der Waals surface area contributed by atoms with Crippen LogP contribution < -0.4 is 5.32 Å². The summed E-state index contributed by atoms with van der Waals surface area (Å²) in [5.74, 6) is -1.52. The molecule has 2 unspecified atom stereocenters. The second-order valence-electron chi connectivity index (χ2n) is 5.47. The predicted molar refractivity (Wildman–Crippen MR) is 81.3 cm³/mol. The highest BCUT2D eigenvalue weighted by Crippen LogP contribution is 2.28. The van der Waals surface area contributed by atoms with Crippen LogP contribution in [0.4, 0.5) is 0 Å². The third kappa shape index (κ3) is 3.60. The Hall–Kier alpha value is -2.60. The summed E-state index contributed by atoms with van der Waals surface area (Å²) >= 11 is 0. The average Bonchev–Trinajstić information content (AvgIpc) is 3.06. The number of carboxylic acid groups (broad SMARTS) is 1. The van der Waals surface area contributed by atoms with Crippen LogP contribution >= 0.6 is 0 Å². The molecule has 1 aromatic carbocycles. The van der Waals surface area contributed by atoms with Gasteiger partial charge in [-0.3, -0.25) is 4.79 Å². The molecule has 1 aliphatic rings. The molecule has 2 heterocycles. The molecule has 6 nitrogen and oxygen atoms in total. The number of carboxylic acids is 1. The lowest BCUT2D eigenvalue weighted by atomic mass is 9.97. The number of aromatic carboxylic acids is 1. The van der Waals surface area contributed by atoms with E-state index in [2.05, 4.69) is 5.32 Å². The Bertz CT molecular complexity index is 694. The molecule has 120 valence electrons. The topological polar surface area (TPSA) is 88.8 Å². The maximum atomic E-state index is 12.2. The molecule has 2 atom stereocenters. The third-order valence-corrected chi connectivity index (χ3v) is 3.86. The molecular formula is C17H17NO5. The summed E-state index contributed by atoms with van der Waals surface area (Å²) in [5.41, 5.74) is 1.04. The Morgan fingerprint density at radius 1 is 1.22 bits per heavy atom. The van der Waals surface area contributed by atoms with E-state index in [1.165, 1.54) is 6.07 Å². The van der Waals surface area contributed by atoms with Crippen molar-refractivity contribution in [1.82, 2.24) is 5.32 Å². The number of furan rings is 1. The van der Waals surface area contributed by atoms with E-state index in [9.17, 15) is 9.59 Å². The van der Waals surface area contributed by atoms with E-state index >= 15 is 0 Å². The molecule has 3 rings (SSSR count). The maximum absolute atomic E-state index is 12.2. The quantitative estimate of drug-likeness (QED) is 0.905. The highest BCUT2D eigenvalue weighted by atomic mass is 16.5. The first-order chi connectivity index (χ1) is 11.1. The van der Waals surface area contributed by atoms with E-state index in [4.69, 9.17) is 14.3 Å².